The number of nitrogens with zero attached hydrogens (tertiary/aromatic N) is 4. The molecule has 1 atom stereocenters. The fourth-order valence-electron chi connectivity index (χ4n) is 4.17. The number of ether oxygens (including phenoxy) is 1. The van der Waals surface area contributed by atoms with Crippen LogP contribution < -0.4 is 15.5 Å². The number of rotatable bonds is 8. The van der Waals surface area contributed by atoms with Crippen LogP contribution in [-0.4, -0.2) is 63.4 Å². The summed E-state index contributed by atoms with van der Waals surface area (Å²) in [5.74, 6) is 0.414. The average Bonchev–Trinajstić information content (AvgIpc) is 2.82. The Labute approximate surface area is 231 Å². The zero-order chi connectivity index (χ0) is 27.5. The van der Waals surface area contributed by atoms with Crippen LogP contribution >= 0.6 is 23.4 Å². The van der Waals surface area contributed by atoms with E-state index >= 15 is 0 Å². The van der Waals surface area contributed by atoms with Gasteiger partial charge in [0.25, 0.3) is 0 Å². The van der Waals surface area contributed by atoms with Gasteiger partial charge in [-0.15, -0.1) is 0 Å². The maximum atomic E-state index is 12.0. The van der Waals surface area contributed by atoms with E-state index in [1.54, 1.807) is 24.7 Å². The molecule has 1 amide bonds. The number of pyridine rings is 1. The Hall–Kier alpha value is -3.05. The molecule has 1 aliphatic carbocycles. The predicted octanol–water partition coefficient (Wildman–Crippen LogP) is 5.00. The maximum Gasteiger partial charge on any atom is 0.407 e. The molecule has 10 nitrogen and oxygen atoms in total. The molecule has 0 spiro atoms. The third kappa shape index (κ3) is 7.28. The van der Waals surface area contributed by atoms with Gasteiger partial charge in [-0.2, -0.15) is 0 Å². The summed E-state index contributed by atoms with van der Waals surface area (Å²) >= 11 is 7.95. The molecule has 1 fully saturated rings. The lowest BCUT2D eigenvalue weighted by Gasteiger charge is -2.40. The largest absolute Gasteiger partial charge is 0.478 e. The lowest BCUT2D eigenvalue weighted by molar-refractivity contribution is -0.133. The molecule has 0 bridgehead atoms. The number of amides is 1. The van der Waals surface area contributed by atoms with Gasteiger partial charge >= 0.3 is 12.1 Å². The van der Waals surface area contributed by atoms with Gasteiger partial charge in [-0.05, 0) is 45.1 Å². The SMILES string of the molecule is CC1(CNC(=O)OC(C)(C)C)CCN(c2cnc(Sc3ccnc(NC4C=C(C(=O)O)C4)c3Cl)cn2)CC1. The first kappa shape index (κ1) is 28.0. The second-order valence-electron chi connectivity index (χ2n) is 10.9. The lowest BCUT2D eigenvalue weighted by Crippen LogP contribution is -2.45. The van der Waals surface area contributed by atoms with Crippen molar-refractivity contribution in [3.63, 3.8) is 0 Å². The Kier molecular flexibility index (Phi) is 8.37. The molecule has 0 saturated carbocycles. The van der Waals surface area contributed by atoms with E-state index in [-0.39, 0.29) is 17.6 Å². The molecule has 204 valence electrons. The molecular weight excluding hydrogens is 528 g/mol. The number of hydrogen-bond donors (Lipinski definition) is 3. The van der Waals surface area contributed by atoms with Crippen LogP contribution in [0.5, 0.6) is 0 Å². The van der Waals surface area contributed by atoms with Crippen molar-refractivity contribution in [2.45, 2.75) is 68.5 Å². The van der Waals surface area contributed by atoms with Crippen LogP contribution in [0.1, 0.15) is 47.0 Å². The number of hydrogen-bond acceptors (Lipinski definition) is 9. The maximum absolute atomic E-state index is 12.0. The monoisotopic (exact) mass is 560 g/mol. The highest BCUT2D eigenvalue weighted by Gasteiger charge is 2.32. The number of halogens is 1. The van der Waals surface area contributed by atoms with Gasteiger partial charge in [-0.3, -0.25) is 0 Å². The van der Waals surface area contributed by atoms with Gasteiger partial charge in [0.05, 0.1) is 23.5 Å². The smallest absolute Gasteiger partial charge is 0.407 e. The predicted molar refractivity (Wildman–Crippen MR) is 147 cm³/mol. The molecule has 2 aromatic heterocycles. The normalized spacial score (nSPS) is 18.7. The second-order valence-corrected chi connectivity index (χ2v) is 12.3. The first-order chi connectivity index (χ1) is 17.9. The molecule has 1 unspecified atom stereocenters. The van der Waals surface area contributed by atoms with Crippen molar-refractivity contribution < 1.29 is 19.4 Å². The van der Waals surface area contributed by atoms with Gasteiger partial charge in [0.1, 0.15) is 22.3 Å². The zero-order valence-corrected chi connectivity index (χ0v) is 23.5. The van der Waals surface area contributed by atoms with Crippen molar-refractivity contribution in [1.82, 2.24) is 20.3 Å². The molecule has 12 heteroatoms. The number of carboxylic acid groups (broad SMARTS) is 1. The fraction of sp³-hybridized carbons (Fsp3) is 0.500. The van der Waals surface area contributed by atoms with Gasteiger partial charge in [0.15, 0.2) is 0 Å². The van der Waals surface area contributed by atoms with Gasteiger partial charge in [-0.25, -0.2) is 24.5 Å². The molecule has 38 heavy (non-hydrogen) atoms. The Morgan fingerprint density at radius 3 is 2.55 bits per heavy atom. The highest BCUT2D eigenvalue weighted by Crippen LogP contribution is 2.37. The molecule has 2 aromatic rings. The number of aromatic nitrogens is 3. The highest BCUT2D eigenvalue weighted by atomic mass is 35.5. The lowest BCUT2D eigenvalue weighted by atomic mass is 9.80. The Morgan fingerprint density at radius 1 is 1.24 bits per heavy atom. The molecule has 0 aromatic carbocycles. The minimum atomic E-state index is -0.901. The van der Waals surface area contributed by atoms with E-state index in [9.17, 15) is 9.59 Å². The van der Waals surface area contributed by atoms with Gasteiger partial charge in [0.2, 0.25) is 0 Å². The molecular formula is C26H33ClN6O4S. The van der Waals surface area contributed by atoms with Crippen molar-refractivity contribution in [3.8, 4) is 0 Å². The van der Waals surface area contributed by atoms with Crippen LogP contribution in [0.4, 0.5) is 16.4 Å². The molecule has 2 aliphatic rings. The summed E-state index contributed by atoms with van der Waals surface area (Å²) in [7, 11) is 0. The van der Waals surface area contributed by atoms with Gasteiger partial charge in [0, 0.05) is 42.7 Å². The highest BCUT2D eigenvalue weighted by molar-refractivity contribution is 7.99. The van der Waals surface area contributed by atoms with E-state index in [0.29, 0.717) is 34.4 Å². The number of carboxylic acids is 1. The standard InChI is InChI=1S/C26H33ClN6O4S/c1-25(2,3)37-24(36)31-15-26(4)6-9-33(10-7-26)19-13-30-20(14-29-19)38-18-5-8-28-22(21(18)27)32-17-11-16(12-17)23(34)35/h5,8,11,13-14,17H,6-7,9-10,12,15H2,1-4H3,(H,28,32)(H,31,36)(H,34,35). The fourth-order valence-corrected chi connectivity index (χ4v) is 5.20. The van der Waals surface area contributed by atoms with Gasteiger partial charge < -0.3 is 25.4 Å². The van der Waals surface area contributed by atoms with E-state index in [2.05, 4.69) is 37.4 Å². The van der Waals surface area contributed by atoms with E-state index in [1.165, 1.54) is 11.8 Å². The summed E-state index contributed by atoms with van der Waals surface area (Å²) in [5.41, 5.74) is -0.137. The van der Waals surface area contributed by atoms with Crippen LogP contribution in [0.3, 0.4) is 0 Å². The summed E-state index contributed by atoms with van der Waals surface area (Å²) in [6.45, 7) is 9.94. The minimum Gasteiger partial charge on any atom is -0.478 e. The van der Waals surface area contributed by atoms with Crippen molar-refractivity contribution >= 4 is 47.1 Å². The quantitative estimate of drug-likeness (QED) is 0.405. The number of piperidine rings is 1. The number of nitrogens with one attached hydrogen (secondary N) is 2. The molecule has 3 heterocycles. The zero-order valence-electron chi connectivity index (χ0n) is 22.0. The number of carbonyl (C=O) groups excluding carboxylic acids is 1. The topological polar surface area (TPSA) is 130 Å². The Morgan fingerprint density at radius 2 is 1.95 bits per heavy atom. The van der Waals surface area contributed by atoms with E-state index in [0.717, 1.165) is 36.6 Å². The van der Waals surface area contributed by atoms with Crippen LogP contribution in [0.15, 0.2) is 46.2 Å². The van der Waals surface area contributed by atoms with Crippen molar-refractivity contribution in [2.75, 3.05) is 29.9 Å². The first-order valence-electron chi connectivity index (χ1n) is 12.5. The van der Waals surface area contributed by atoms with Crippen molar-refractivity contribution in [1.29, 1.82) is 0 Å². The Bertz CT molecular complexity index is 1210. The van der Waals surface area contributed by atoms with Crippen LogP contribution in [0.2, 0.25) is 5.02 Å². The van der Waals surface area contributed by atoms with E-state index in [1.807, 2.05) is 26.8 Å². The molecule has 1 aliphatic heterocycles. The molecule has 1 saturated heterocycles. The number of aliphatic carboxylic acids is 1. The number of anilines is 2. The minimum absolute atomic E-state index is 0.00900. The Balaban J connectivity index is 1.29. The summed E-state index contributed by atoms with van der Waals surface area (Å²) in [5, 5.41) is 16.2. The van der Waals surface area contributed by atoms with Crippen molar-refractivity contribution in [2.24, 2.45) is 5.41 Å². The third-order valence-corrected chi connectivity index (χ3v) is 7.95. The van der Waals surface area contributed by atoms with E-state index in [4.69, 9.17) is 21.4 Å². The van der Waals surface area contributed by atoms with Crippen LogP contribution in [0, 0.1) is 5.41 Å². The number of carbonyl (C=O) groups is 2. The van der Waals surface area contributed by atoms with E-state index < -0.39 is 11.6 Å². The average molecular weight is 561 g/mol. The van der Waals surface area contributed by atoms with Crippen LogP contribution in [-0.2, 0) is 9.53 Å². The first-order valence-corrected chi connectivity index (χ1v) is 13.7. The van der Waals surface area contributed by atoms with Crippen molar-refractivity contribution in [3.05, 3.63) is 41.3 Å². The van der Waals surface area contributed by atoms with Crippen LogP contribution in [0.25, 0.3) is 0 Å². The molecule has 3 N–H and O–H groups in total. The third-order valence-electron chi connectivity index (χ3n) is 6.47. The number of alkyl carbamates (subject to hydrolysis) is 1. The summed E-state index contributed by atoms with van der Waals surface area (Å²) in [4.78, 5) is 39.5. The summed E-state index contributed by atoms with van der Waals surface area (Å²) < 4.78 is 5.35. The summed E-state index contributed by atoms with van der Waals surface area (Å²) in [6.07, 6.45) is 8.67. The van der Waals surface area contributed by atoms with Gasteiger partial charge in [-0.1, -0.05) is 36.4 Å². The second kappa shape index (κ2) is 11.4. The summed E-state index contributed by atoms with van der Waals surface area (Å²) in [6, 6.07) is 1.70. The molecule has 0 radical (unpaired) electrons. The molecule has 4 rings (SSSR count).